The van der Waals surface area contributed by atoms with Gasteiger partial charge in [0.05, 0.1) is 19.9 Å². The van der Waals surface area contributed by atoms with E-state index in [2.05, 4.69) is 24.4 Å². The molecule has 1 N–H and O–H groups in total. The van der Waals surface area contributed by atoms with Crippen LogP contribution in [0.1, 0.15) is 51.5 Å². The van der Waals surface area contributed by atoms with E-state index in [0.717, 1.165) is 31.2 Å². The standard InChI is InChI=1S/C21H31N3O4/c1-16(2)10-12-28-18-9-8-17(13-19(18)27-3)14-22-23-20(25)15-24-11-6-4-5-7-21(24)26/h8-9,13-14,16H,4-7,10-12,15H2,1-3H3,(H,23,25)/b22-14-. The molecule has 154 valence electrons. The van der Waals surface area contributed by atoms with Gasteiger partial charge in [0.15, 0.2) is 11.5 Å². The molecule has 7 heteroatoms. The maximum atomic E-state index is 12.0. The summed E-state index contributed by atoms with van der Waals surface area (Å²) in [4.78, 5) is 25.6. The molecular weight excluding hydrogens is 358 g/mol. The van der Waals surface area contributed by atoms with Gasteiger partial charge < -0.3 is 14.4 Å². The third-order valence-corrected chi connectivity index (χ3v) is 4.55. The van der Waals surface area contributed by atoms with Crippen molar-refractivity contribution in [3.8, 4) is 11.5 Å². The highest BCUT2D eigenvalue weighted by Crippen LogP contribution is 2.27. The van der Waals surface area contributed by atoms with E-state index in [-0.39, 0.29) is 18.4 Å². The molecule has 0 spiro atoms. The Balaban J connectivity index is 1.87. The van der Waals surface area contributed by atoms with Crippen LogP contribution in [0.15, 0.2) is 23.3 Å². The number of benzene rings is 1. The molecule has 0 bridgehead atoms. The average Bonchev–Trinajstić information content (AvgIpc) is 2.86. The van der Waals surface area contributed by atoms with Gasteiger partial charge in [-0.05, 0) is 48.9 Å². The smallest absolute Gasteiger partial charge is 0.259 e. The largest absolute Gasteiger partial charge is 0.493 e. The monoisotopic (exact) mass is 389 g/mol. The van der Waals surface area contributed by atoms with Crippen LogP contribution in [0.5, 0.6) is 11.5 Å². The van der Waals surface area contributed by atoms with Gasteiger partial charge in [0.1, 0.15) is 6.54 Å². The summed E-state index contributed by atoms with van der Waals surface area (Å²) in [6.07, 6.45) is 5.89. The number of rotatable bonds is 9. The molecule has 1 aromatic carbocycles. The molecule has 0 aromatic heterocycles. The van der Waals surface area contributed by atoms with Crippen molar-refractivity contribution < 1.29 is 19.1 Å². The fraction of sp³-hybridized carbons (Fsp3) is 0.571. The van der Waals surface area contributed by atoms with Crippen molar-refractivity contribution >= 4 is 18.0 Å². The lowest BCUT2D eigenvalue weighted by molar-refractivity contribution is -0.135. The maximum Gasteiger partial charge on any atom is 0.259 e. The molecule has 1 aliphatic heterocycles. The first-order valence-corrected chi connectivity index (χ1v) is 9.90. The molecule has 2 amide bonds. The molecule has 7 nitrogen and oxygen atoms in total. The van der Waals surface area contributed by atoms with Gasteiger partial charge >= 0.3 is 0 Å². The van der Waals surface area contributed by atoms with Crippen LogP contribution in [0.2, 0.25) is 0 Å². The first-order valence-electron chi connectivity index (χ1n) is 9.90. The zero-order chi connectivity index (χ0) is 20.4. The summed E-state index contributed by atoms with van der Waals surface area (Å²) >= 11 is 0. The Kier molecular flexibility index (Phi) is 8.78. The molecule has 1 heterocycles. The van der Waals surface area contributed by atoms with Crippen molar-refractivity contribution in [3.05, 3.63) is 23.8 Å². The third-order valence-electron chi connectivity index (χ3n) is 4.55. The first kappa shape index (κ1) is 21.7. The van der Waals surface area contributed by atoms with Crippen molar-refractivity contribution in [1.82, 2.24) is 10.3 Å². The minimum atomic E-state index is -0.299. The maximum absolute atomic E-state index is 12.0. The topological polar surface area (TPSA) is 80.2 Å². The second kappa shape index (κ2) is 11.3. The first-order chi connectivity index (χ1) is 13.5. The zero-order valence-electron chi connectivity index (χ0n) is 17.1. The number of carbonyl (C=O) groups is 2. The summed E-state index contributed by atoms with van der Waals surface area (Å²) in [7, 11) is 1.59. The summed E-state index contributed by atoms with van der Waals surface area (Å²) in [5.41, 5.74) is 3.26. The van der Waals surface area contributed by atoms with E-state index in [0.29, 0.717) is 37.0 Å². The number of ether oxygens (including phenoxy) is 2. The van der Waals surface area contributed by atoms with Crippen LogP contribution in [0.3, 0.4) is 0 Å². The number of amides is 2. The lowest BCUT2D eigenvalue weighted by Gasteiger charge is -2.18. The molecule has 0 aliphatic carbocycles. The van der Waals surface area contributed by atoms with Crippen LogP contribution in [-0.2, 0) is 9.59 Å². The number of likely N-dealkylation sites (tertiary alicyclic amines) is 1. The molecule has 0 unspecified atom stereocenters. The molecule has 1 fully saturated rings. The molecule has 2 rings (SSSR count). The number of methoxy groups -OCH3 is 1. The summed E-state index contributed by atoms with van der Waals surface area (Å²) < 4.78 is 11.1. The number of nitrogens with one attached hydrogen (secondary N) is 1. The second-order valence-electron chi connectivity index (χ2n) is 7.36. The number of hydrogen-bond acceptors (Lipinski definition) is 5. The summed E-state index contributed by atoms with van der Waals surface area (Å²) in [6, 6.07) is 5.48. The molecule has 0 radical (unpaired) electrons. The molecule has 1 aliphatic rings. The van der Waals surface area contributed by atoms with Gasteiger partial charge in [-0.3, -0.25) is 9.59 Å². The van der Waals surface area contributed by atoms with Crippen molar-refractivity contribution in [2.24, 2.45) is 11.0 Å². The van der Waals surface area contributed by atoms with Gasteiger partial charge in [-0.15, -0.1) is 0 Å². The molecule has 1 saturated heterocycles. The van der Waals surface area contributed by atoms with Crippen LogP contribution in [-0.4, -0.2) is 49.7 Å². The number of hydrazone groups is 1. The van der Waals surface area contributed by atoms with Gasteiger partial charge in [-0.25, -0.2) is 5.43 Å². The Bertz CT molecular complexity index is 688. The summed E-state index contributed by atoms with van der Waals surface area (Å²) in [6.45, 7) is 5.61. The second-order valence-corrected chi connectivity index (χ2v) is 7.36. The van der Waals surface area contributed by atoms with E-state index in [1.807, 2.05) is 12.1 Å². The van der Waals surface area contributed by atoms with E-state index < -0.39 is 0 Å². The third kappa shape index (κ3) is 7.21. The van der Waals surface area contributed by atoms with Gasteiger partial charge in [-0.2, -0.15) is 5.10 Å². The zero-order valence-corrected chi connectivity index (χ0v) is 17.1. The highest BCUT2D eigenvalue weighted by atomic mass is 16.5. The number of hydrogen-bond donors (Lipinski definition) is 1. The summed E-state index contributed by atoms with van der Waals surface area (Å²) in [5, 5.41) is 3.99. The number of carbonyl (C=O) groups excluding carboxylic acids is 2. The van der Waals surface area contributed by atoms with Gasteiger partial charge in [0.2, 0.25) is 5.91 Å². The summed E-state index contributed by atoms with van der Waals surface area (Å²) in [5.74, 6) is 1.62. The predicted octanol–water partition coefficient (Wildman–Crippen LogP) is 2.97. The quantitative estimate of drug-likeness (QED) is 0.520. The average molecular weight is 389 g/mol. The molecule has 28 heavy (non-hydrogen) atoms. The molecule has 0 atom stereocenters. The fourth-order valence-corrected chi connectivity index (χ4v) is 2.88. The van der Waals surface area contributed by atoms with Gasteiger partial charge in [0.25, 0.3) is 5.91 Å². The van der Waals surface area contributed by atoms with E-state index >= 15 is 0 Å². The van der Waals surface area contributed by atoms with Crippen molar-refractivity contribution in [1.29, 1.82) is 0 Å². The van der Waals surface area contributed by atoms with E-state index in [1.54, 1.807) is 24.3 Å². The molecule has 1 aromatic rings. The lowest BCUT2D eigenvalue weighted by Crippen LogP contribution is -2.39. The van der Waals surface area contributed by atoms with Crippen LogP contribution in [0.4, 0.5) is 0 Å². The van der Waals surface area contributed by atoms with E-state index in [4.69, 9.17) is 9.47 Å². The van der Waals surface area contributed by atoms with Gasteiger partial charge in [-0.1, -0.05) is 20.3 Å². The Labute approximate surface area is 167 Å². The van der Waals surface area contributed by atoms with E-state index in [9.17, 15) is 9.59 Å². The number of nitrogens with zero attached hydrogens (tertiary/aromatic N) is 2. The highest BCUT2D eigenvalue weighted by molar-refractivity contribution is 5.86. The van der Waals surface area contributed by atoms with Crippen LogP contribution >= 0.6 is 0 Å². The van der Waals surface area contributed by atoms with E-state index in [1.165, 1.54) is 0 Å². The Morgan fingerprint density at radius 2 is 2.11 bits per heavy atom. The highest BCUT2D eigenvalue weighted by Gasteiger charge is 2.18. The van der Waals surface area contributed by atoms with Crippen molar-refractivity contribution in [3.63, 3.8) is 0 Å². The van der Waals surface area contributed by atoms with Crippen LogP contribution in [0.25, 0.3) is 0 Å². The lowest BCUT2D eigenvalue weighted by atomic mass is 10.1. The molecular formula is C21H31N3O4. The Morgan fingerprint density at radius 1 is 1.29 bits per heavy atom. The van der Waals surface area contributed by atoms with Crippen LogP contribution in [0, 0.1) is 5.92 Å². The van der Waals surface area contributed by atoms with Crippen molar-refractivity contribution in [2.45, 2.75) is 46.0 Å². The molecule has 0 saturated carbocycles. The predicted molar refractivity (Wildman–Crippen MR) is 109 cm³/mol. The minimum Gasteiger partial charge on any atom is -0.493 e. The normalized spacial score (nSPS) is 15.0. The fourth-order valence-electron chi connectivity index (χ4n) is 2.88. The minimum absolute atomic E-state index is 0.0365. The van der Waals surface area contributed by atoms with Crippen LogP contribution < -0.4 is 14.9 Å². The Hall–Kier alpha value is -2.57. The SMILES string of the molecule is COc1cc(/C=N\NC(=O)CN2CCCCCC2=O)ccc1OCCC(C)C. The van der Waals surface area contributed by atoms with Gasteiger partial charge in [0, 0.05) is 13.0 Å². The Morgan fingerprint density at radius 3 is 2.86 bits per heavy atom. The van der Waals surface area contributed by atoms with Crippen molar-refractivity contribution in [2.75, 3.05) is 26.8 Å².